The molecule has 0 radical (unpaired) electrons. The molecule has 1 aromatic heterocycles. The van der Waals surface area contributed by atoms with E-state index in [1.807, 2.05) is 6.92 Å². The Labute approximate surface area is 125 Å². The van der Waals surface area contributed by atoms with Gasteiger partial charge in [0.25, 0.3) is 14.2 Å². The molecule has 1 fully saturated rings. The van der Waals surface area contributed by atoms with Crippen molar-refractivity contribution in [3.63, 3.8) is 0 Å². The molecule has 1 aromatic rings. The summed E-state index contributed by atoms with van der Waals surface area (Å²) in [5, 5.41) is 7.69. The fourth-order valence-electron chi connectivity index (χ4n) is 2.94. The summed E-state index contributed by atoms with van der Waals surface area (Å²) in [5.41, 5.74) is 0. The average molecular weight is 320 g/mol. The van der Waals surface area contributed by atoms with Gasteiger partial charge < -0.3 is 4.57 Å². The van der Waals surface area contributed by atoms with Crippen LogP contribution in [0.4, 0.5) is 0 Å². The van der Waals surface area contributed by atoms with Gasteiger partial charge in [0.2, 0.25) is 0 Å². The molecule has 5 nitrogen and oxygen atoms in total. The van der Waals surface area contributed by atoms with Crippen molar-refractivity contribution >= 4 is 19.7 Å². The lowest BCUT2D eigenvalue weighted by Crippen LogP contribution is -2.12. The van der Waals surface area contributed by atoms with Gasteiger partial charge >= 0.3 is 0 Å². The topological polar surface area (TPSA) is 64.8 Å². The highest BCUT2D eigenvalue weighted by Crippen LogP contribution is 2.27. The Morgan fingerprint density at radius 2 is 1.95 bits per heavy atom. The zero-order valence-electron chi connectivity index (χ0n) is 11.9. The van der Waals surface area contributed by atoms with E-state index in [4.69, 9.17) is 10.7 Å². The molecular formula is C13H22ClN3O2S. The van der Waals surface area contributed by atoms with Gasteiger partial charge in [-0.2, -0.15) is 0 Å². The number of hydrogen-bond acceptors (Lipinski definition) is 4. The first kappa shape index (κ1) is 15.8. The van der Waals surface area contributed by atoms with Gasteiger partial charge in [-0.15, -0.1) is 10.2 Å². The maximum absolute atomic E-state index is 11.5. The van der Waals surface area contributed by atoms with Crippen molar-refractivity contribution in [3.05, 3.63) is 5.82 Å². The molecule has 0 saturated heterocycles. The third kappa shape index (κ3) is 3.95. The number of rotatable bonds is 6. The zero-order valence-corrected chi connectivity index (χ0v) is 13.5. The van der Waals surface area contributed by atoms with Crippen LogP contribution in [0.5, 0.6) is 0 Å². The molecule has 0 aromatic carbocycles. The molecule has 1 aliphatic carbocycles. The van der Waals surface area contributed by atoms with E-state index >= 15 is 0 Å². The Morgan fingerprint density at radius 1 is 1.25 bits per heavy atom. The minimum absolute atomic E-state index is 0.111. The lowest BCUT2D eigenvalue weighted by Gasteiger charge is -2.21. The molecule has 0 atom stereocenters. The van der Waals surface area contributed by atoms with Crippen LogP contribution in [0.1, 0.15) is 57.7 Å². The quantitative estimate of drug-likeness (QED) is 0.756. The highest BCUT2D eigenvalue weighted by atomic mass is 35.7. The van der Waals surface area contributed by atoms with Gasteiger partial charge in [-0.25, -0.2) is 8.42 Å². The SMILES string of the molecule is CCCn1c(CCC2CCCCC2)nnc1S(=O)(=O)Cl. The third-order valence-electron chi connectivity index (χ3n) is 3.96. The molecule has 0 spiro atoms. The average Bonchev–Trinajstić information content (AvgIpc) is 2.81. The molecule has 0 aliphatic heterocycles. The summed E-state index contributed by atoms with van der Waals surface area (Å²) in [6.45, 7) is 2.59. The molecule has 1 saturated carbocycles. The van der Waals surface area contributed by atoms with Crippen LogP contribution in [0, 0.1) is 5.92 Å². The van der Waals surface area contributed by atoms with E-state index in [9.17, 15) is 8.42 Å². The minimum atomic E-state index is -3.82. The zero-order chi connectivity index (χ0) is 14.6. The number of nitrogens with zero attached hydrogens (tertiary/aromatic N) is 3. The summed E-state index contributed by atoms with van der Waals surface area (Å²) in [4.78, 5) is 0. The van der Waals surface area contributed by atoms with E-state index < -0.39 is 9.05 Å². The lowest BCUT2D eigenvalue weighted by atomic mass is 9.86. The second-order valence-corrected chi connectivity index (χ2v) is 7.99. The van der Waals surface area contributed by atoms with Gasteiger partial charge in [0, 0.05) is 23.6 Å². The van der Waals surface area contributed by atoms with Gasteiger partial charge in [-0.05, 0) is 18.8 Å². The number of hydrogen-bond donors (Lipinski definition) is 0. The first-order valence-corrected chi connectivity index (χ1v) is 9.70. The standard InChI is InChI=1S/C13H22ClN3O2S/c1-2-10-17-12(15-16-13(17)20(14,18)19)9-8-11-6-4-3-5-7-11/h11H,2-10H2,1H3. The van der Waals surface area contributed by atoms with Crippen LogP contribution < -0.4 is 0 Å². The van der Waals surface area contributed by atoms with Gasteiger partial charge in [0.15, 0.2) is 0 Å². The summed E-state index contributed by atoms with van der Waals surface area (Å²) < 4.78 is 24.6. The maximum Gasteiger partial charge on any atom is 0.296 e. The van der Waals surface area contributed by atoms with Crippen LogP contribution in [0.25, 0.3) is 0 Å². The van der Waals surface area contributed by atoms with Crippen LogP contribution in [0.2, 0.25) is 0 Å². The first-order chi connectivity index (χ1) is 9.52. The van der Waals surface area contributed by atoms with E-state index in [0.717, 1.165) is 31.0 Å². The summed E-state index contributed by atoms with van der Waals surface area (Å²) in [6.07, 6.45) is 9.20. The summed E-state index contributed by atoms with van der Waals surface area (Å²) >= 11 is 0. The molecular weight excluding hydrogens is 298 g/mol. The smallest absolute Gasteiger partial charge is 0.296 e. The van der Waals surface area contributed by atoms with Crippen molar-refractivity contribution in [3.8, 4) is 0 Å². The number of aryl methyl sites for hydroxylation is 1. The van der Waals surface area contributed by atoms with Crippen LogP contribution in [-0.2, 0) is 22.0 Å². The van der Waals surface area contributed by atoms with Gasteiger partial charge in [-0.1, -0.05) is 39.0 Å². The second-order valence-electron chi connectivity index (χ2n) is 5.53. The van der Waals surface area contributed by atoms with E-state index in [2.05, 4.69) is 10.2 Å². The third-order valence-corrected chi connectivity index (χ3v) is 5.11. The second kappa shape index (κ2) is 6.89. The minimum Gasteiger partial charge on any atom is -0.301 e. The number of halogens is 1. The molecule has 114 valence electrons. The van der Waals surface area contributed by atoms with Crippen LogP contribution in [0.3, 0.4) is 0 Å². The Hall–Kier alpha value is -0.620. The molecule has 1 heterocycles. The molecule has 0 N–H and O–H groups in total. The van der Waals surface area contributed by atoms with Crippen molar-refractivity contribution in [1.82, 2.24) is 14.8 Å². The fourth-order valence-corrected chi connectivity index (χ4v) is 3.88. The Morgan fingerprint density at radius 3 is 2.55 bits per heavy atom. The predicted octanol–water partition coefficient (Wildman–Crippen LogP) is 3.13. The van der Waals surface area contributed by atoms with E-state index in [1.54, 1.807) is 4.57 Å². The van der Waals surface area contributed by atoms with E-state index in [0.29, 0.717) is 6.54 Å². The Kier molecular flexibility index (Phi) is 5.43. The highest BCUT2D eigenvalue weighted by Gasteiger charge is 2.23. The van der Waals surface area contributed by atoms with Gasteiger partial charge in [0.1, 0.15) is 5.82 Å². The Balaban J connectivity index is 2.08. The maximum atomic E-state index is 11.5. The summed E-state index contributed by atoms with van der Waals surface area (Å²) in [7, 11) is 1.59. The fraction of sp³-hybridized carbons (Fsp3) is 0.846. The van der Waals surface area contributed by atoms with Gasteiger partial charge in [-0.3, -0.25) is 0 Å². The van der Waals surface area contributed by atoms with Crippen LogP contribution in [0.15, 0.2) is 5.16 Å². The summed E-state index contributed by atoms with van der Waals surface area (Å²) in [5.74, 6) is 1.49. The Bertz CT molecular complexity index is 536. The van der Waals surface area contributed by atoms with Crippen molar-refractivity contribution in [2.24, 2.45) is 5.92 Å². The monoisotopic (exact) mass is 319 g/mol. The molecule has 1 aliphatic rings. The molecule has 20 heavy (non-hydrogen) atoms. The van der Waals surface area contributed by atoms with Crippen molar-refractivity contribution in [2.45, 2.75) is 70.0 Å². The largest absolute Gasteiger partial charge is 0.301 e. The van der Waals surface area contributed by atoms with Crippen LogP contribution >= 0.6 is 10.7 Å². The van der Waals surface area contributed by atoms with Gasteiger partial charge in [0.05, 0.1) is 0 Å². The van der Waals surface area contributed by atoms with E-state index in [1.165, 1.54) is 32.1 Å². The van der Waals surface area contributed by atoms with Crippen molar-refractivity contribution in [1.29, 1.82) is 0 Å². The van der Waals surface area contributed by atoms with E-state index in [-0.39, 0.29) is 5.16 Å². The first-order valence-electron chi connectivity index (χ1n) is 7.39. The highest BCUT2D eigenvalue weighted by molar-refractivity contribution is 8.13. The predicted molar refractivity (Wildman–Crippen MR) is 78.2 cm³/mol. The number of aromatic nitrogens is 3. The molecule has 2 rings (SSSR count). The molecule has 0 unspecified atom stereocenters. The van der Waals surface area contributed by atoms with Crippen LogP contribution in [-0.4, -0.2) is 23.2 Å². The molecule has 0 bridgehead atoms. The normalized spacial score (nSPS) is 17.5. The lowest BCUT2D eigenvalue weighted by molar-refractivity contribution is 0.335. The summed E-state index contributed by atoms with van der Waals surface area (Å²) in [6, 6.07) is 0. The van der Waals surface area contributed by atoms with Crippen molar-refractivity contribution < 1.29 is 8.42 Å². The van der Waals surface area contributed by atoms with Crippen molar-refractivity contribution in [2.75, 3.05) is 0 Å². The molecule has 7 heteroatoms. The molecule has 0 amide bonds.